The molecule has 0 amide bonds. The average molecular weight is 179 g/mol. The van der Waals surface area contributed by atoms with E-state index in [4.69, 9.17) is 5.73 Å². The van der Waals surface area contributed by atoms with Crippen LogP contribution in [0.4, 0.5) is 14.5 Å². The lowest BCUT2D eigenvalue weighted by molar-refractivity contribution is 0.517. The maximum absolute atomic E-state index is 13.1. The number of rotatable bonds is 0. The molecule has 66 valence electrons. The second-order valence-corrected chi connectivity index (χ2v) is 2.84. The van der Waals surface area contributed by atoms with E-state index in [1.54, 1.807) is 12.1 Å². The molecule has 1 nitrogen and oxygen atoms in total. The Labute approximate surface area is 73.8 Å². The molecule has 0 saturated heterocycles. The van der Waals surface area contributed by atoms with Gasteiger partial charge in [-0.3, -0.25) is 0 Å². The Hall–Kier alpha value is -1.64. The number of hydrogen-bond acceptors (Lipinski definition) is 1. The summed E-state index contributed by atoms with van der Waals surface area (Å²) < 4.78 is 25.9. The number of benzene rings is 2. The SMILES string of the molecule is Nc1ccc2c(F)c(F)ccc2c1. The van der Waals surface area contributed by atoms with Gasteiger partial charge >= 0.3 is 0 Å². The molecule has 2 aromatic rings. The van der Waals surface area contributed by atoms with Crippen LogP contribution in [0.15, 0.2) is 30.3 Å². The highest BCUT2D eigenvalue weighted by Gasteiger charge is 2.05. The molecule has 0 aliphatic heterocycles. The van der Waals surface area contributed by atoms with Crippen molar-refractivity contribution in [3.63, 3.8) is 0 Å². The van der Waals surface area contributed by atoms with Crippen molar-refractivity contribution in [2.24, 2.45) is 0 Å². The predicted molar refractivity (Wildman–Crippen MR) is 48.3 cm³/mol. The Morgan fingerprint density at radius 1 is 1.00 bits per heavy atom. The summed E-state index contributed by atoms with van der Waals surface area (Å²) in [5.41, 5.74) is 6.04. The first kappa shape index (κ1) is 7.98. The zero-order valence-corrected chi connectivity index (χ0v) is 6.72. The van der Waals surface area contributed by atoms with E-state index in [1.165, 1.54) is 12.1 Å². The summed E-state index contributed by atoms with van der Waals surface area (Å²) in [6.45, 7) is 0. The first-order valence-electron chi connectivity index (χ1n) is 3.82. The summed E-state index contributed by atoms with van der Waals surface area (Å²) in [5.74, 6) is -1.66. The quantitative estimate of drug-likeness (QED) is 0.618. The van der Waals surface area contributed by atoms with Gasteiger partial charge in [-0.05, 0) is 29.7 Å². The third-order valence-electron chi connectivity index (χ3n) is 1.93. The zero-order chi connectivity index (χ0) is 9.42. The van der Waals surface area contributed by atoms with Crippen molar-refractivity contribution in [1.82, 2.24) is 0 Å². The van der Waals surface area contributed by atoms with Crippen LogP contribution in [0.25, 0.3) is 10.8 Å². The highest BCUT2D eigenvalue weighted by molar-refractivity contribution is 5.85. The topological polar surface area (TPSA) is 26.0 Å². The van der Waals surface area contributed by atoms with Crippen molar-refractivity contribution in [3.8, 4) is 0 Å². The van der Waals surface area contributed by atoms with Crippen LogP contribution < -0.4 is 5.73 Å². The smallest absolute Gasteiger partial charge is 0.166 e. The zero-order valence-electron chi connectivity index (χ0n) is 6.72. The van der Waals surface area contributed by atoms with E-state index < -0.39 is 11.6 Å². The van der Waals surface area contributed by atoms with E-state index in [0.717, 1.165) is 6.07 Å². The second kappa shape index (κ2) is 2.69. The van der Waals surface area contributed by atoms with Crippen LogP contribution in [-0.4, -0.2) is 0 Å². The first-order valence-corrected chi connectivity index (χ1v) is 3.82. The molecule has 2 aromatic carbocycles. The normalized spacial score (nSPS) is 10.6. The van der Waals surface area contributed by atoms with Crippen LogP contribution in [0.1, 0.15) is 0 Å². The molecule has 0 saturated carbocycles. The number of fused-ring (bicyclic) bond motifs is 1. The fraction of sp³-hybridized carbons (Fsp3) is 0. The number of nitrogens with two attached hydrogens (primary N) is 1. The summed E-state index contributed by atoms with van der Waals surface area (Å²) >= 11 is 0. The van der Waals surface area contributed by atoms with Crippen LogP contribution in [0.3, 0.4) is 0 Å². The molecule has 0 aromatic heterocycles. The number of hydrogen-bond donors (Lipinski definition) is 1. The lowest BCUT2D eigenvalue weighted by Crippen LogP contribution is -1.88. The Morgan fingerprint density at radius 2 is 1.77 bits per heavy atom. The Balaban J connectivity index is 2.87. The summed E-state index contributed by atoms with van der Waals surface area (Å²) in [5, 5.41) is 0.869. The fourth-order valence-electron chi connectivity index (χ4n) is 1.28. The summed E-state index contributed by atoms with van der Waals surface area (Å²) in [6.07, 6.45) is 0. The van der Waals surface area contributed by atoms with Crippen molar-refractivity contribution >= 4 is 16.5 Å². The summed E-state index contributed by atoms with van der Waals surface area (Å²) in [7, 11) is 0. The molecule has 0 aliphatic rings. The van der Waals surface area contributed by atoms with Crippen LogP contribution >= 0.6 is 0 Å². The van der Waals surface area contributed by atoms with Gasteiger partial charge in [0.2, 0.25) is 0 Å². The minimum Gasteiger partial charge on any atom is -0.399 e. The monoisotopic (exact) mass is 179 g/mol. The first-order chi connectivity index (χ1) is 6.18. The van der Waals surface area contributed by atoms with Crippen molar-refractivity contribution < 1.29 is 8.78 Å². The largest absolute Gasteiger partial charge is 0.399 e. The standard InChI is InChI=1S/C10H7F2N/c11-9-4-1-6-5-7(13)2-3-8(6)10(9)12/h1-5H,13H2. The third-order valence-corrected chi connectivity index (χ3v) is 1.93. The van der Waals surface area contributed by atoms with Gasteiger partial charge < -0.3 is 5.73 Å². The molecular weight excluding hydrogens is 172 g/mol. The third kappa shape index (κ3) is 1.22. The lowest BCUT2D eigenvalue weighted by atomic mass is 10.1. The molecule has 0 heterocycles. The molecule has 0 unspecified atom stereocenters. The van der Waals surface area contributed by atoms with Gasteiger partial charge in [-0.15, -0.1) is 0 Å². The molecule has 0 radical (unpaired) electrons. The molecule has 0 bridgehead atoms. The Kier molecular flexibility index (Phi) is 1.65. The maximum Gasteiger partial charge on any atom is 0.166 e. The second-order valence-electron chi connectivity index (χ2n) is 2.84. The number of halogens is 2. The average Bonchev–Trinajstić information content (AvgIpc) is 2.12. The van der Waals surface area contributed by atoms with Crippen molar-refractivity contribution in [2.75, 3.05) is 5.73 Å². The lowest BCUT2D eigenvalue weighted by Gasteiger charge is -2.01. The van der Waals surface area contributed by atoms with Crippen molar-refractivity contribution in [3.05, 3.63) is 42.0 Å². The van der Waals surface area contributed by atoms with Gasteiger partial charge in [-0.2, -0.15) is 0 Å². The van der Waals surface area contributed by atoms with E-state index in [1.807, 2.05) is 0 Å². The van der Waals surface area contributed by atoms with Crippen LogP contribution in [0.2, 0.25) is 0 Å². The molecule has 3 heteroatoms. The molecule has 0 fully saturated rings. The number of nitrogen functional groups attached to an aromatic ring is 1. The molecule has 0 atom stereocenters. The predicted octanol–water partition coefficient (Wildman–Crippen LogP) is 2.70. The highest BCUT2D eigenvalue weighted by atomic mass is 19.2. The molecule has 0 aliphatic carbocycles. The van der Waals surface area contributed by atoms with Gasteiger partial charge in [0.1, 0.15) is 0 Å². The van der Waals surface area contributed by atoms with Gasteiger partial charge in [0.15, 0.2) is 11.6 Å². The highest BCUT2D eigenvalue weighted by Crippen LogP contribution is 2.22. The van der Waals surface area contributed by atoms with E-state index in [2.05, 4.69) is 0 Å². The molecule has 2 N–H and O–H groups in total. The molecule has 0 spiro atoms. The van der Waals surface area contributed by atoms with Crippen LogP contribution in [0, 0.1) is 11.6 Å². The maximum atomic E-state index is 13.1. The summed E-state index contributed by atoms with van der Waals surface area (Å²) in [4.78, 5) is 0. The van der Waals surface area contributed by atoms with E-state index in [9.17, 15) is 8.78 Å². The molecular formula is C10H7F2N. The van der Waals surface area contributed by atoms with Crippen LogP contribution in [-0.2, 0) is 0 Å². The Bertz CT molecular complexity index is 466. The van der Waals surface area contributed by atoms with E-state index in [0.29, 0.717) is 11.1 Å². The van der Waals surface area contributed by atoms with Gasteiger partial charge in [0.25, 0.3) is 0 Å². The van der Waals surface area contributed by atoms with Crippen molar-refractivity contribution in [1.29, 1.82) is 0 Å². The van der Waals surface area contributed by atoms with E-state index in [-0.39, 0.29) is 5.39 Å². The van der Waals surface area contributed by atoms with Gasteiger partial charge in [0.05, 0.1) is 0 Å². The van der Waals surface area contributed by atoms with Gasteiger partial charge in [-0.25, -0.2) is 8.78 Å². The van der Waals surface area contributed by atoms with Gasteiger partial charge in [0, 0.05) is 11.1 Å². The van der Waals surface area contributed by atoms with E-state index >= 15 is 0 Å². The minimum atomic E-state index is -0.836. The Morgan fingerprint density at radius 3 is 2.54 bits per heavy atom. The number of anilines is 1. The van der Waals surface area contributed by atoms with Crippen LogP contribution in [0.5, 0.6) is 0 Å². The minimum absolute atomic E-state index is 0.259. The fourth-order valence-corrected chi connectivity index (χ4v) is 1.28. The molecule has 2 rings (SSSR count). The van der Waals surface area contributed by atoms with Crippen molar-refractivity contribution in [2.45, 2.75) is 0 Å². The van der Waals surface area contributed by atoms with Gasteiger partial charge in [-0.1, -0.05) is 6.07 Å². The summed E-state index contributed by atoms with van der Waals surface area (Å²) in [6, 6.07) is 7.23. The molecule has 13 heavy (non-hydrogen) atoms.